The third-order valence-corrected chi connectivity index (χ3v) is 4.62. The van der Waals surface area contributed by atoms with Crippen LogP contribution in [0.4, 0.5) is 4.39 Å². The fourth-order valence-electron chi connectivity index (χ4n) is 1.91. The highest BCUT2D eigenvalue weighted by molar-refractivity contribution is 7.89. The lowest BCUT2D eigenvalue weighted by Crippen LogP contribution is -2.46. The second-order valence-corrected chi connectivity index (χ2v) is 6.98. The number of rotatable bonds is 6. The number of hydrogen-bond acceptors (Lipinski definition) is 4. The van der Waals surface area contributed by atoms with E-state index < -0.39 is 21.4 Å². The summed E-state index contributed by atoms with van der Waals surface area (Å²) in [6.45, 7) is 5.07. The number of methoxy groups -OCH3 is 1. The Hall–Kier alpha value is -1.02. The minimum Gasteiger partial charge on any atom is -0.383 e. The molecule has 1 rings (SSSR count). The van der Waals surface area contributed by atoms with Crippen molar-refractivity contribution in [1.82, 2.24) is 4.72 Å². The Morgan fingerprint density at radius 2 is 2.00 bits per heavy atom. The van der Waals surface area contributed by atoms with E-state index in [0.29, 0.717) is 5.56 Å². The zero-order valence-electron chi connectivity index (χ0n) is 12.2. The smallest absolute Gasteiger partial charge is 0.241 e. The van der Waals surface area contributed by atoms with E-state index in [1.165, 1.54) is 26.2 Å². The molecule has 114 valence electrons. The second kappa shape index (κ2) is 6.17. The van der Waals surface area contributed by atoms with Crippen molar-refractivity contribution in [2.24, 2.45) is 5.73 Å². The van der Waals surface area contributed by atoms with Gasteiger partial charge in [-0.15, -0.1) is 0 Å². The van der Waals surface area contributed by atoms with Crippen molar-refractivity contribution in [2.75, 3.05) is 13.7 Å². The van der Waals surface area contributed by atoms with Crippen LogP contribution < -0.4 is 10.5 Å². The number of sulfonamides is 1. The van der Waals surface area contributed by atoms with Crippen LogP contribution in [0.2, 0.25) is 0 Å². The summed E-state index contributed by atoms with van der Waals surface area (Å²) in [6.07, 6.45) is 0. The van der Waals surface area contributed by atoms with Crippen LogP contribution in [0.1, 0.15) is 25.0 Å². The van der Waals surface area contributed by atoms with Crippen LogP contribution in [-0.2, 0) is 21.3 Å². The molecule has 0 spiro atoms. The Kier molecular flexibility index (Phi) is 5.26. The molecule has 0 aliphatic carbocycles. The molecule has 0 fully saturated rings. The maximum atomic E-state index is 13.8. The number of nitrogens with two attached hydrogens (primary N) is 1. The number of benzene rings is 1. The van der Waals surface area contributed by atoms with E-state index >= 15 is 0 Å². The molecule has 0 radical (unpaired) electrons. The van der Waals surface area contributed by atoms with Crippen molar-refractivity contribution in [3.63, 3.8) is 0 Å². The highest BCUT2D eigenvalue weighted by Crippen LogP contribution is 2.22. The van der Waals surface area contributed by atoms with Gasteiger partial charge in [-0.25, -0.2) is 17.5 Å². The molecular weight excluding hydrogens is 283 g/mol. The summed E-state index contributed by atoms with van der Waals surface area (Å²) < 4.78 is 46.0. The first-order chi connectivity index (χ1) is 9.13. The summed E-state index contributed by atoms with van der Waals surface area (Å²) in [7, 11) is -2.37. The SMILES string of the molecule is COCC(C)(C)NS(=O)(=O)c1cc(CN)cc(F)c1C. The summed E-state index contributed by atoms with van der Waals surface area (Å²) in [5.74, 6) is -0.585. The molecule has 0 bridgehead atoms. The van der Waals surface area contributed by atoms with Gasteiger partial charge in [0.25, 0.3) is 0 Å². The number of nitrogens with one attached hydrogen (secondary N) is 1. The van der Waals surface area contributed by atoms with Crippen molar-refractivity contribution >= 4 is 10.0 Å². The lowest BCUT2D eigenvalue weighted by molar-refractivity contribution is 0.141. The molecule has 0 atom stereocenters. The van der Waals surface area contributed by atoms with E-state index in [-0.39, 0.29) is 23.6 Å². The molecule has 1 aromatic rings. The van der Waals surface area contributed by atoms with Crippen molar-refractivity contribution in [3.05, 3.63) is 29.1 Å². The van der Waals surface area contributed by atoms with Crippen molar-refractivity contribution in [3.8, 4) is 0 Å². The van der Waals surface area contributed by atoms with Gasteiger partial charge in [0.05, 0.1) is 17.0 Å². The Balaban J connectivity index is 3.25. The number of hydrogen-bond donors (Lipinski definition) is 2. The van der Waals surface area contributed by atoms with Crippen LogP contribution in [0.5, 0.6) is 0 Å². The standard InChI is InChI=1S/C13H21FN2O3S/c1-9-11(14)5-10(7-15)6-12(9)20(17,18)16-13(2,3)8-19-4/h5-6,16H,7-8,15H2,1-4H3. The third kappa shape index (κ3) is 3.99. The quantitative estimate of drug-likeness (QED) is 0.830. The van der Waals surface area contributed by atoms with Gasteiger partial charge in [0.1, 0.15) is 5.82 Å². The van der Waals surface area contributed by atoms with Gasteiger partial charge in [-0.05, 0) is 38.5 Å². The van der Waals surface area contributed by atoms with Gasteiger partial charge in [0.15, 0.2) is 0 Å². The van der Waals surface area contributed by atoms with Crippen LogP contribution in [0.25, 0.3) is 0 Å². The minimum absolute atomic E-state index is 0.0706. The molecule has 0 saturated heterocycles. The molecule has 0 saturated carbocycles. The van der Waals surface area contributed by atoms with Crippen LogP contribution >= 0.6 is 0 Å². The zero-order chi connectivity index (χ0) is 15.6. The first-order valence-corrected chi connectivity index (χ1v) is 7.63. The lowest BCUT2D eigenvalue weighted by atomic mass is 10.1. The molecule has 0 unspecified atom stereocenters. The fourth-order valence-corrected chi connectivity index (χ4v) is 3.62. The average molecular weight is 304 g/mol. The van der Waals surface area contributed by atoms with E-state index in [4.69, 9.17) is 10.5 Å². The van der Waals surface area contributed by atoms with Crippen LogP contribution in [-0.4, -0.2) is 27.7 Å². The van der Waals surface area contributed by atoms with Crippen LogP contribution in [0.3, 0.4) is 0 Å². The highest BCUT2D eigenvalue weighted by Gasteiger charge is 2.28. The van der Waals surface area contributed by atoms with Crippen molar-refractivity contribution in [1.29, 1.82) is 0 Å². The minimum atomic E-state index is -3.85. The maximum Gasteiger partial charge on any atom is 0.241 e. The monoisotopic (exact) mass is 304 g/mol. The molecule has 0 amide bonds. The summed E-state index contributed by atoms with van der Waals surface area (Å²) in [5, 5.41) is 0. The molecule has 5 nitrogen and oxygen atoms in total. The molecular formula is C13H21FN2O3S. The normalized spacial score (nSPS) is 12.7. The van der Waals surface area contributed by atoms with E-state index in [2.05, 4.69) is 4.72 Å². The van der Waals surface area contributed by atoms with Gasteiger partial charge in [0.2, 0.25) is 10.0 Å². The van der Waals surface area contributed by atoms with Crippen LogP contribution in [0.15, 0.2) is 17.0 Å². The van der Waals surface area contributed by atoms with Crippen molar-refractivity contribution < 1.29 is 17.5 Å². The van der Waals surface area contributed by atoms with E-state index in [0.717, 1.165) is 0 Å². The lowest BCUT2D eigenvalue weighted by Gasteiger charge is -2.25. The molecule has 0 aromatic heterocycles. The second-order valence-electron chi connectivity index (χ2n) is 5.33. The van der Waals surface area contributed by atoms with Gasteiger partial charge in [-0.1, -0.05) is 0 Å². The summed E-state index contributed by atoms with van der Waals surface area (Å²) in [5.41, 5.74) is 5.16. The summed E-state index contributed by atoms with van der Waals surface area (Å²) in [4.78, 5) is -0.0953. The number of halogens is 1. The summed E-state index contributed by atoms with van der Waals surface area (Å²) >= 11 is 0. The van der Waals surface area contributed by atoms with E-state index in [1.807, 2.05) is 0 Å². The topological polar surface area (TPSA) is 81.4 Å². The molecule has 20 heavy (non-hydrogen) atoms. The zero-order valence-corrected chi connectivity index (χ0v) is 13.0. The molecule has 7 heteroatoms. The molecule has 0 aliphatic rings. The van der Waals surface area contributed by atoms with Gasteiger partial charge in [-0.2, -0.15) is 0 Å². The first-order valence-electron chi connectivity index (χ1n) is 6.15. The molecule has 0 heterocycles. The Morgan fingerprint density at radius 3 is 2.50 bits per heavy atom. The van der Waals surface area contributed by atoms with E-state index in [1.54, 1.807) is 13.8 Å². The Labute approximate surface area is 119 Å². The molecule has 1 aromatic carbocycles. The van der Waals surface area contributed by atoms with Crippen molar-refractivity contribution in [2.45, 2.75) is 37.8 Å². The summed E-state index contributed by atoms with van der Waals surface area (Å²) in [6, 6.07) is 2.64. The number of ether oxygens (including phenoxy) is 1. The fraction of sp³-hybridized carbons (Fsp3) is 0.538. The van der Waals surface area contributed by atoms with Gasteiger partial charge >= 0.3 is 0 Å². The van der Waals surface area contributed by atoms with E-state index in [9.17, 15) is 12.8 Å². The Morgan fingerprint density at radius 1 is 1.40 bits per heavy atom. The predicted octanol–water partition coefficient (Wildman–Crippen LogP) is 1.30. The molecule has 0 aliphatic heterocycles. The van der Waals surface area contributed by atoms with Crippen LogP contribution in [0, 0.1) is 12.7 Å². The highest BCUT2D eigenvalue weighted by atomic mass is 32.2. The van der Waals surface area contributed by atoms with Gasteiger partial charge in [0, 0.05) is 19.2 Å². The Bertz CT molecular complexity index is 586. The molecule has 3 N–H and O–H groups in total. The largest absolute Gasteiger partial charge is 0.383 e. The first kappa shape index (κ1) is 17.0. The maximum absolute atomic E-state index is 13.8. The van der Waals surface area contributed by atoms with Gasteiger partial charge in [-0.3, -0.25) is 0 Å². The predicted molar refractivity (Wildman–Crippen MR) is 75.3 cm³/mol. The van der Waals surface area contributed by atoms with Gasteiger partial charge < -0.3 is 10.5 Å². The average Bonchev–Trinajstić information content (AvgIpc) is 2.30. The third-order valence-electron chi connectivity index (χ3n) is 2.80.